The van der Waals surface area contributed by atoms with E-state index in [9.17, 15) is 15.0 Å². The molecule has 0 aliphatic rings. The molecule has 98 valence electrons. The number of hydrogen-bond donors (Lipinski definition) is 2. The van der Waals surface area contributed by atoms with Crippen LogP contribution in [0.25, 0.3) is 0 Å². The quantitative estimate of drug-likeness (QED) is 0.905. The molecule has 0 saturated carbocycles. The van der Waals surface area contributed by atoms with Gasteiger partial charge in [0.25, 0.3) is 0 Å². The van der Waals surface area contributed by atoms with Gasteiger partial charge in [0.05, 0.1) is 5.92 Å². The van der Waals surface area contributed by atoms with Crippen molar-refractivity contribution in [3.05, 3.63) is 64.1 Å². The molecule has 1 atom stereocenters. The van der Waals surface area contributed by atoms with Crippen LogP contribution in [0.4, 0.5) is 0 Å². The van der Waals surface area contributed by atoms with E-state index in [1.807, 2.05) is 24.3 Å². The highest BCUT2D eigenvalue weighted by atomic mass is 79.9. The van der Waals surface area contributed by atoms with Gasteiger partial charge in [0.15, 0.2) is 0 Å². The van der Waals surface area contributed by atoms with Gasteiger partial charge >= 0.3 is 5.97 Å². The molecule has 0 saturated heterocycles. The number of phenols is 1. The van der Waals surface area contributed by atoms with Crippen LogP contribution in [0.3, 0.4) is 0 Å². The zero-order valence-corrected chi connectivity index (χ0v) is 11.7. The van der Waals surface area contributed by atoms with Gasteiger partial charge in [0.2, 0.25) is 0 Å². The summed E-state index contributed by atoms with van der Waals surface area (Å²) >= 11 is 3.42. The Kier molecular flexibility index (Phi) is 4.22. The van der Waals surface area contributed by atoms with Crippen molar-refractivity contribution in [3.8, 4) is 5.75 Å². The second kappa shape index (κ2) is 5.89. The first-order valence-electron chi connectivity index (χ1n) is 5.83. The topological polar surface area (TPSA) is 57.5 Å². The van der Waals surface area contributed by atoms with Crippen molar-refractivity contribution in [2.75, 3.05) is 0 Å². The molecule has 0 bridgehead atoms. The Hall–Kier alpha value is -1.81. The molecular weight excluding hydrogens is 308 g/mol. The highest BCUT2D eigenvalue weighted by molar-refractivity contribution is 9.10. The Bertz CT molecular complexity index is 595. The largest absolute Gasteiger partial charge is 0.508 e. The SMILES string of the molecule is O=C(O)C(Cc1ccccc1Br)c1cccc(O)c1. The number of rotatable bonds is 4. The molecule has 0 fully saturated rings. The van der Waals surface area contributed by atoms with E-state index in [1.54, 1.807) is 12.1 Å². The number of aliphatic carboxylic acids is 1. The monoisotopic (exact) mass is 320 g/mol. The first-order chi connectivity index (χ1) is 9.08. The van der Waals surface area contributed by atoms with Crippen LogP contribution in [-0.4, -0.2) is 16.2 Å². The lowest BCUT2D eigenvalue weighted by atomic mass is 9.92. The van der Waals surface area contributed by atoms with Crippen LogP contribution in [0.2, 0.25) is 0 Å². The molecule has 1 unspecified atom stereocenters. The lowest BCUT2D eigenvalue weighted by molar-refractivity contribution is -0.138. The van der Waals surface area contributed by atoms with Crippen molar-refractivity contribution < 1.29 is 15.0 Å². The van der Waals surface area contributed by atoms with E-state index in [0.717, 1.165) is 10.0 Å². The zero-order valence-electron chi connectivity index (χ0n) is 10.1. The maximum Gasteiger partial charge on any atom is 0.311 e. The van der Waals surface area contributed by atoms with E-state index >= 15 is 0 Å². The molecular formula is C15H13BrO3. The Balaban J connectivity index is 2.32. The van der Waals surface area contributed by atoms with Crippen molar-refractivity contribution in [1.29, 1.82) is 0 Å². The molecule has 0 heterocycles. The second-order valence-electron chi connectivity index (χ2n) is 4.28. The fraction of sp³-hybridized carbons (Fsp3) is 0.133. The van der Waals surface area contributed by atoms with Gasteiger partial charge in [-0.1, -0.05) is 46.3 Å². The summed E-state index contributed by atoms with van der Waals surface area (Å²) < 4.78 is 0.890. The third kappa shape index (κ3) is 3.35. The van der Waals surface area contributed by atoms with Gasteiger partial charge in [0, 0.05) is 4.47 Å². The molecule has 3 nitrogen and oxygen atoms in total. The minimum atomic E-state index is -0.902. The summed E-state index contributed by atoms with van der Waals surface area (Å²) in [6, 6.07) is 13.9. The molecule has 2 N–H and O–H groups in total. The number of aromatic hydroxyl groups is 1. The molecule has 4 heteroatoms. The van der Waals surface area contributed by atoms with E-state index in [-0.39, 0.29) is 5.75 Å². The summed E-state index contributed by atoms with van der Waals surface area (Å²) in [5.41, 5.74) is 1.53. The van der Waals surface area contributed by atoms with Crippen molar-refractivity contribution >= 4 is 21.9 Å². The fourth-order valence-electron chi connectivity index (χ4n) is 1.97. The minimum absolute atomic E-state index is 0.0795. The molecule has 0 aliphatic carbocycles. The predicted molar refractivity (Wildman–Crippen MR) is 76.3 cm³/mol. The van der Waals surface area contributed by atoms with E-state index in [0.29, 0.717) is 12.0 Å². The standard InChI is InChI=1S/C15H13BrO3/c16-14-7-2-1-4-11(14)9-13(15(18)19)10-5-3-6-12(17)8-10/h1-8,13,17H,9H2,(H,18,19). The molecule has 2 aromatic carbocycles. The van der Waals surface area contributed by atoms with E-state index in [1.165, 1.54) is 12.1 Å². The summed E-state index contributed by atoms with van der Waals surface area (Å²) in [5.74, 6) is -1.50. The van der Waals surface area contributed by atoms with Gasteiger partial charge in [-0.05, 0) is 35.7 Å². The van der Waals surface area contributed by atoms with E-state index < -0.39 is 11.9 Å². The smallest absolute Gasteiger partial charge is 0.311 e. The first kappa shape index (κ1) is 13.6. The molecule has 2 rings (SSSR count). The highest BCUT2D eigenvalue weighted by Gasteiger charge is 2.21. The lowest BCUT2D eigenvalue weighted by Gasteiger charge is -2.14. The van der Waals surface area contributed by atoms with Crippen molar-refractivity contribution in [1.82, 2.24) is 0 Å². The number of carbonyl (C=O) groups is 1. The summed E-state index contributed by atoms with van der Waals surface area (Å²) in [7, 11) is 0. The summed E-state index contributed by atoms with van der Waals surface area (Å²) in [6.07, 6.45) is 0.375. The Morgan fingerprint density at radius 2 is 1.89 bits per heavy atom. The Morgan fingerprint density at radius 3 is 2.53 bits per heavy atom. The molecule has 2 aromatic rings. The maximum absolute atomic E-state index is 11.4. The van der Waals surface area contributed by atoms with Gasteiger partial charge < -0.3 is 10.2 Å². The number of hydrogen-bond acceptors (Lipinski definition) is 2. The van der Waals surface area contributed by atoms with Crippen LogP contribution in [0.1, 0.15) is 17.0 Å². The number of carboxylic acids is 1. The van der Waals surface area contributed by atoms with E-state index in [4.69, 9.17) is 0 Å². The number of halogens is 1. The van der Waals surface area contributed by atoms with Crippen LogP contribution >= 0.6 is 15.9 Å². The third-order valence-corrected chi connectivity index (χ3v) is 3.73. The first-order valence-corrected chi connectivity index (χ1v) is 6.62. The molecule has 0 amide bonds. The van der Waals surface area contributed by atoms with Gasteiger partial charge in [-0.3, -0.25) is 4.79 Å². The maximum atomic E-state index is 11.4. The lowest BCUT2D eigenvalue weighted by Crippen LogP contribution is -2.14. The molecule has 0 aromatic heterocycles. The molecule has 19 heavy (non-hydrogen) atoms. The van der Waals surface area contributed by atoms with Crippen molar-refractivity contribution in [2.24, 2.45) is 0 Å². The van der Waals surface area contributed by atoms with Gasteiger partial charge in [-0.25, -0.2) is 0 Å². The summed E-state index contributed by atoms with van der Waals surface area (Å²) in [5, 5.41) is 18.8. The van der Waals surface area contributed by atoms with Crippen LogP contribution in [-0.2, 0) is 11.2 Å². The predicted octanol–water partition coefficient (Wildman–Crippen LogP) is 3.57. The number of benzene rings is 2. The Morgan fingerprint density at radius 1 is 1.16 bits per heavy atom. The van der Waals surface area contributed by atoms with Crippen LogP contribution < -0.4 is 0 Å². The zero-order chi connectivity index (χ0) is 13.8. The van der Waals surface area contributed by atoms with Crippen molar-refractivity contribution in [2.45, 2.75) is 12.3 Å². The Labute approximate surface area is 119 Å². The molecule has 0 radical (unpaired) electrons. The van der Waals surface area contributed by atoms with Gasteiger partial charge in [0.1, 0.15) is 5.75 Å². The summed E-state index contributed by atoms with van der Waals surface area (Å²) in [4.78, 5) is 11.4. The van der Waals surface area contributed by atoms with Crippen molar-refractivity contribution in [3.63, 3.8) is 0 Å². The number of carboxylic acid groups (broad SMARTS) is 1. The highest BCUT2D eigenvalue weighted by Crippen LogP contribution is 2.27. The molecule has 0 aliphatic heterocycles. The number of phenolic OH excluding ortho intramolecular Hbond substituents is 1. The normalized spacial score (nSPS) is 12.1. The third-order valence-electron chi connectivity index (χ3n) is 2.95. The van der Waals surface area contributed by atoms with E-state index in [2.05, 4.69) is 15.9 Å². The average molecular weight is 321 g/mol. The van der Waals surface area contributed by atoms with Crippen LogP contribution in [0.15, 0.2) is 53.0 Å². The summed E-state index contributed by atoms with van der Waals surface area (Å²) in [6.45, 7) is 0. The average Bonchev–Trinajstić information content (AvgIpc) is 2.37. The second-order valence-corrected chi connectivity index (χ2v) is 5.14. The van der Waals surface area contributed by atoms with Crippen LogP contribution in [0, 0.1) is 0 Å². The van der Waals surface area contributed by atoms with Gasteiger partial charge in [-0.2, -0.15) is 0 Å². The molecule has 0 spiro atoms. The van der Waals surface area contributed by atoms with Gasteiger partial charge in [-0.15, -0.1) is 0 Å². The van der Waals surface area contributed by atoms with Crippen LogP contribution in [0.5, 0.6) is 5.75 Å². The minimum Gasteiger partial charge on any atom is -0.508 e. The fourth-order valence-corrected chi connectivity index (χ4v) is 2.42.